The van der Waals surface area contributed by atoms with Gasteiger partial charge in [0.1, 0.15) is 17.5 Å². The van der Waals surface area contributed by atoms with Crippen molar-refractivity contribution in [2.45, 2.75) is 6.04 Å². The zero-order valence-electron chi connectivity index (χ0n) is 15.9. The number of rotatable bonds is 5. The van der Waals surface area contributed by atoms with E-state index in [1.54, 1.807) is 30.5 Å². The highest BCUT2D eigenvalue weighted by Gasteiger charge is 2.29. The predicted molar refractivity (Wildman–Crippen MR) is 114 cm³/mol. The zero-order chi connectivity index (χ0) is 20.9. The maximum atomic E-state index is 12.8. The summed E-state index contributed by atoms with van der Waals surface area (Å²) in [5.74, 6) is 1.67. The summed E-state index contributed by atoms with van der Waals surface area (Å²) in [6, 6.07) is 18.0. The van der Waals surface area contributed by atoms with Crippen LogP contribution in [0.2, 0.25) is 0 Å². The van der Waals surface area contributed by atoms with Crippen LogP contribution in [0.4, 0.5) is 0 Å². The van der Waals surface area contributed by atoms with Crippen LogP contribution in [0, 0.1) is 11.3 Å². The molecule has 1 fully saturated rings. The molecule has 0 bridgehead atoms. The van der Waals surface area contributed by atoms with Crippen molar-refractivity contribution < 1.29 is 14.3 Å². The van der Waals surface area contributed by atoms with Gasteiger partial charge in [0.25, 0.3) is 5.91 Å². The Bertz CT molecular complexity index is 1130. The SMILES string of the molecule is N#CC1CSCN1C(=O)CNC(=O)c1ccnc2ccc(Oc3ccccc3)cc12. The van der Waals surface area contributed by atoms with Crippen LogP contribution in [0.25, 0.3) is 10.9 Å². The quantitative estimate of drug-likeness (QED) is 0.684. The fourth-order valence-corrected chi connectivity index (χ4v) is 4.26. The number of carbonyl (C=O) groups is 2. The van der Waals surface area contributed by atoms with E-state index in [9.17, 15) is 9.59 Å². The molecule has 1 atom stereocenters. The van der Waals surface area contributed by atoms with Crippen LogP contribution in [0.5, 0.6) is 11.5 Å². The highest BCUT2D eigenvalue weighted by atomic mass is 32.2. The van der Waals surface area contributed by atoms with E-state index in [2.05, 4.69) is 16.4 Å². The molecular weight excluding hydrogens is 400 g/mol. The summed E-state index contributed by atoms with van der Waals surface area (Å²) in [4.78, 5) is 31.0. The lowest BCUT2D eigenvalue weighted by Crippen LogP contribution is -2.42. The molecule has 1 aromatic heterocycles. The molecule has 7 nitrogen and oxygen atoms in total. The number of pyridine rings is 1. The minimum atomic E-state index is -0.446. The number of fused-ring (bicyclic) bond motifs is 1. The van der Waals surface area contributed by atoms with Crippen LogP contribution in [-0.4, -0.2) is 45.9 Å². The molecule has 1 aliphatic rings. The van der Waals surface area contributed by atoms with Gasteiger partial charge in [0.2, 0.25) is 5.91 Å². The molecule has 0 saturated carbocycles. The largest absolute Gasteiger partial charge is 0.457 e. The molecule has 1 saturated heterocycles. The Morgan fingerprint density at radius 2 is 2.03 bits per heavy atom. The minimum Gasteiger partial charge on any atom is -0.457 e. The first-order chi connectivity index (χ1) is 14.7. The number of para-hydroxylation sites is 1. The third-order valence-electron chi connectivity index (χ3n) is 4.69. The number of hydrogen-bond donors (Lipinski definition) is 1. The second-order valence-corrected chi connectivity index (χ2v) is 7.64. The number of nitrogens with one attached hydrogen (secondary N) is 1. The van der Waals surface area contributed by atoms with Crippen molar-refractivity contribution in [2.24, 2.45) is 0 Å². The third kappa shape index (κ3) is 4.21. The van der Waals surface area contributed by atoms with Crippen LogP contribution in [-0.2, 0) is 4.79 Å². The number of nitriles is 1. The zero-order valence-corrected chi connectivity index (χ0v) is 16.8. The van der Waals surface area contributed by atoms with Gasteiger partial charge in [-0.25, -0.2) is 0 Å². The number of ether oxygens (including phenoxy) is 1. The van der Waals surface area contributed by atoms with E-state index in [-0.39, 0.29) is 18.4 Å². The number of benzene rings is 2. The average Bonchev–Trinajstić information content (AvgIpc) is 3.26. The average molecular weight is 418 g/mol. The summed E-state index contributed by atoms with van der Waals surface area (Å²) in [5, 5.41) is 12.4. The van der Waals surface area contributed by atoms with Crippen molar-refractivity contribution in [3.8, 4) is 17.6 Å². The molecule has 0 aliphatic carbocycles. The minimum absolute atomic E-state index is 0.165. The molecule has 0 spiro atoms. The van der Waals surface area contributed by atoms with Crippen LogP contribution < -0.4 is 10.1 Å². The second kappa shape index (κ2) is 8.84. The molecule has 1 unspecified atom stereocenters. The Morgan fingerprint density at radius 3 is 2.83 bits per heavy atom. The van der Waals surface area contributed by atoms with Crippen molar-refractivity contribution >= 4 is 34.5 Å². The van der Waals surface area contributed by atoms with E-state index in [0.29, 0.717) is 39.6 Å². The monoisotopic (exact) mass is 418 g/mol. The van der Waals surface area contributed by atoms with Gasteiger partial charge in [0.05, 0.1) is 29.6 Å². The van der Waals surface area contributed by atoms with Crippen LogP contribution in [0.1, 0.15) is 10.4 Å². The van der Waals surface area contributed by atoms with Crippen LogP contribution in [0.3, 0.4) is 0 Å². The van der Waals surface area contributed by atoms with Gasteiger partial charge >= 0.3 is 0 Å². The van der Waals surface area contributed by atoms with Gasteiger partial charge in [-0.1, -0.05) is 18.2 Å². The topological polar surface area (TPSA) is 95.3 Å². The summed E-state index contributed by atoms with van der Waals surface area (Å²) in [5.41, 5.74) is 1.05. The number of carbonyl (C=O) groups excluding carboxylic acids is 2. The summed E-state index contributed by atoms with van der Waals surface area (Å²) in [7, 11) is 0. The molecule has 4 rings (SSSR count). The summed E-state index contributed by atoms with van der Waals surface area (Å²) in [6.07, 6.45) is 1.56. The summed E-state index contributed by atoms with van der Waals surface area (Å²) < 4.78 is 5.86. The smallest absolute Gasteiger partial charge is 0.252 e. The first kappa shape index (κ1) is 19.7. The highest BCUT2D eigenvalue weighted by molar-refractivity contribution is 7.99. The molecule has 2 heterocycles. The normalized spacial score (nSPS) is 15.6. The van der Waals surface area contributed by atoms with Gasteiger partial charge in [-0.05, 0) is 36.4 Å². The molecule has 30 heavy (non-hydrogen) atoms. The van der Waals surface area contributed by atoms with Crippen molar-refractivity contribution in [3.63, 3.8) is 0 Å². The molecule has 1 aliphatic heterocycles. The van der Waals surface area contributed by atoms with E-state index in [4.69, 9.17) is 10.00 Å². The van der Waals surface area contributed by atoms with Crippen molar-refractivity contribution in [1.29, 1.82) is 5.26 Å². The van der Waals surface area contributed by atoms with E-state index in [1.807, 2.05) is 30.3 Å². The van der Waals surface area contributed by atoms with Gasteiger partial charge in [0, 0.05) is 17.3 Å². The molecule has 3 aromatic rings. The third-order valence-corrected chi connectivity index (χ3v) is 5.70. The molecule has 1 N–H and O–H groups in total. The van der Waals surface area contributed by atoms with Crippen LogP contribution >= 0.6 is 11.8 Å². The van der Waals surface area contributed by atoms with Gasteiger partial charge < -0.3 is 15.0 Å². The number of thioether (sulfide) groups is 1. The number of nitrogens with zero attached hydrogens (tertiary/aromatic N) is 3. The summed E-state index contributed by atoms with van der Waals surface area (Å²) in [6.45, 7) is -0.165. The van der Waals surface area contributed by atoms with Crippen molar-refractivity contribution in [3.05, 3.63) is 66.4 Å². The number of aromatic nitrogens is 1. The molecule has 2 aromatic carbocycles. The molecular formula is C22H18N4O3S. The highest BCUT2D eigenvalue weighted by Crippen LogP contribution is 2.26. The van der Waals surface area contributed by atoms with Gasteiger partial charge in [0.15, 0.2) is 0 Å². The Morgan fingerprint density at radius 1 is 1.20 bits per heavy atom. The van der Waals surface area contributed by atoms with E-state index < -0.39 is 6.04 Å². The van der Waals surface area contributed by atoms with Crippen molar-refractivity contribution in [2.75, 3.05) is 18.2 Å². The molecule has 0 radical (unpaired) electrons. The Labute approximate surface area is 177 Å². The number of amides is 2. The van der Waals surface area contributed by atoms with Gasteiger partial charge in [-0.15, -0.1) is 11.8 Å². The lowest BCUT2D eigenvalue weighted by molar-refractivity contribution is -0.129. The van der Waals surface area contributed by atoms with Crippen LogP contribution in [0.15, 0.2) is 60.8 Å². The lowest BCUT2D eigenvalue weighted by Gasteiger charge is -2.18. The van der Waals surface area contributed by atoms with E-state index >= 15 is 0 Å². The van der Waals surface area contributed by atoms with E-state index in [1.165, 1.54) is 16.7 Å². The molecule has 2 amide bonds. The maximum Gasteiger partial charge on any atom is 0.252 e. The van der Waals surface area contributed by atoms with E-state index in [0.717, 1.165) is 0 Å². The Hall–Kier alpha value is -3.57. The number of hydrogen-bond acceptors (Lipinski definition) is 6. The van der Waals surface area contributed by atoms with Gasteiger partial charge in [-0.3, -0.25) is 14.6 Å². The Balaban J connectivity index is 1.51. The fourth-order valence-electron chi connectivity index (χ4n) is 3.16. The van der Waals surface area contributed by atoms with Crippen molar-refractivity contribution in [1.82, 2.24) is 15.2 Å². The first-order valence-corrected chi connectivity index (χ1v) is 10.5. The second-order valence-electron chi connectivity index (χ2n) is 6.64. The molecule has 150 valence electrons. The first-order valence-electron chi connectivity index (χ1n) is 9.32. The predicted octanol–water partition coefficient (Wildman–Crippen LogP) is 3.18. The van der Waals surface area contributed by atoms with Gasteiger partial charge in [-0.2, -0.15) is 5.26 Å². The maximum absolute atomic E-state index is 12.8. The Kier molecular flexibility index (Phi) is 5.82. The lowest BCUT2D eigenvalue weighted by atomic mass is 10.1. The molecule has 8 heteroatoms. The summed E-state index contributed by atoms with van der Waals surface area (Å²) >= 11 is 1.53. The standard InChI is InChI=1S/C22H18N4O3S/c23-11-15-13-30-14-26(15)21(27)12-25-22(28)18-8-9-24-20-7-6-17(10-19(18)20)29-16-4-2-1-3-5-16/h1-10,15H,12-14H2,(H,25,28). The fraction of sp³-hybridized carbons (Fsp3) is 0.182.